The molecule has 3 atom stereocenters. The minimum Gasteiger partial charge on any atom is -0.444 e. The molecule has 3 unspecified atom stereocenters. The smallest absolute Gasteiger partial charge is 0.407 e. The highest BCUT2D eigenvalue weighted by Gasteiger charge is 2.29. The minimum absolute atomic E-state index is 0.183. The van der Waals surface area contributed by atoms with Crippen LogP contribution in [0.2, 0.25) is 0 Å². The van der Waals surface area contributed by atoms with Crippen LogP contribution in [0.3, 0.4) is 0 Å². The number of rotatable bonds is 2. The molecule has 1 fully saturated rings. The van der Waals surface area contributed by atoms with Crippen LogP contribution in [0.1, 0.15) is 69.1 Å². The quantitative estimate of drug-likeness (QED) is 0.869. The van der Waals surface area contributed by atoms with Crippen molar-refractivity contribution in [1.82, 2.24) is 5.32 Å². The first-order chi connectivity index (χ1) is 11.3. The van der Waals surface area contributed by atoms with Crippen molar-refractivity contribution in [3.63, 3.8) is 0 Å². The lowest BCUT2D eigenvalue weighted by Gasteiger charge is -2.23. The molecule has 4 nitrogen and oxygen atoms in total. The van der Waals surface area contributed by atoms with E-state index in [0.29, 0.717) is 5.92 Å². The summed E-state index contributed by atoms with van der Waals surface area (Å²) in [5.74, 6) is 0.502. The second kappa shape index (κ2) is 6.75. The first-order valence-electron chi connectivity index (χ1n) is 9.09. The van der Waals surface area contributed by atoms with Crippen LogP contribution >= 0.6 is 0 Å². The van der Waals surface area contributed by atoms with Gasteiger partial charge in [0.1, 0.15) is 5.60 Å². The summed E-state index contributed by atoms with van der Waals surface area (Å²) in [6.07, 6.45) is 5.19. The fourth-order valence-corrected chi connectivity index (χ4v) is 3.90. The number of ether oxygens (including phenoxy) is 1. The molecule has 4 heteroatoms. The van der Waals surface area contributed by atoms with Crippen LogP contribution in [-0.2, 0) is 17.6 Å². The number of nitrogens with one attached hydrogen (secondary N) is 1. The standard InChI is InChI=1S/C20H29NO3/c1-20(2,3)24-19(23)21-17-8-6-15(11-17)13-4-5-16-12-18(22)9-7-14(16)10-13/h4-5,10,15,17-18,22H,6-9,11-12H2,1-3H3,(H,21,23). The van der Waals surface area contributed by atoms with Gasteiger partial charge in [-0.05, 0) is 81.9 Å². The Morgan fingerprint density at radius 3 is 2.75 bits per heavy atom. The van der Waals surface area contributed by atoms with Gasteiger partial charge in [0.25, 0.3) is 0 Å². The number of aryl methyl sites for hydroxylation is 1. The maximum atomic E-state index is 11.9. The maximum Gasteiger partial charge on any atom is 0.407 e. The van der Waals surface area contributed by atoms with E-state index in [2.05, 4.69) is 23.5 Å². The highest BCUT2D eigenvalue weighted by molar-refractivity contribution is 5.68. The predicted octanol–water partition coefficient (Wildman–Crippen LogP) is 3.70. The summed E-state index contributed by atoms with van der Waals surface area (Å²) in [6.45, 7) is 5.65. The lowest BCUT2D eigenvalue weighted by Crippen LogP contribution is -2.37. The Hall–Kier alpha value is -1.55. The SMILES string of the molecule is CC(C)(C)OC(=O)NC1CCC(c2ccc3c(c2)CCC(O)C3)C1. The molecule has 0 saturated heterocycles. The Bertz CT molecular complexity index is 605. The van der Waals surface area contributed by atoms with Gasteiger partial charge in [-0.25, -0.2) is 4.79 Å². The third-order valence-electron chi connectivity index (χ3n) is 5.06. The molecule has 1 amide bonds. The Labute approximate surface area is 144 Å². The number of benzene rings is 1. The average molecular weight is 331 g/mol. The minimum atomic E-state index is -0.453. The van der Waals surface area contributed by atoms with Gasteiger partial charge >= 0.3 is 6.09 Å². The molecule has 1 aromatic rings. The zero-order valence-corrected chi connectivity index (χ0v) is 15.0. The average Bonchev–Trinajstić information content (AvgIpc) is 2.93. The van der Waals surface area contributed by atoms with Gasteiger partial charge in [-0.1, -0.05) is 18.2 Å². The fourth-order valence-electron chi connectivity index (χ4n) is 3.90. The van der Waals surface area contributed by atoms with Crippen molar-refractivity contribution in [1.29, 1.82) is 0 Å². The summed E-state index contributed by atoms with van der Waals surface area (Å²) >= 11 is 0. The van der Waals surface area contributed by atoms with Gasteiger partial charge in [-0.15, -0.1) is 0 Å². The summed E-state index contributed by atoms with van der Waals surface area (Å²) in [7, 11) is 0. The van der Waals surface area contributed by atoms with Crippen molar-refractivity contribution in [2.24, 2.45) is 0 Å². The third-order valence-corrected chi connectivity index (χ3v) is 5.06. The number of carbonyl (C=O) groups excluding carboxylic acids is 1. The predicted molar refractivity (Wildman–Crippen MR) is 94.2 cm³/mol. The molecule has 132 valence electrons. The van der Waals surface area contributed by atoms with Gasteiger partial charge in [0.05, 0.1) is 6.10 Å². The number of hydrogen-bond donors (Lipinski definition) is 2. The molecule has 24 heavy (non-hydrogen) atoms. The lowest BCUT2D eigenvalue weighted by molar-refractivity contribution is 0.0505. The van der Waals surface area contributed by atoms with Gasteiger partial charge in [-0.3, -0.25) is 0 Å². The van der Waals surface area contributed by atoms with Crippen molar-refractivity contribution in [3.8, 4) is 0 Å². The first-order valence-corrected chi connectivity index (χ1v) is 9.09. The lowest BCUT2D eigenvalue weighted by atomic mass is 9.86. The number of fused-ring (bicyclic) bond motifs is 1. The summed E-state index contributed by atoms with van der Waals surface area (Å²) in [5, 5.41) is 12.8. The van der Waals surface area contributed by atoms with Gasteiger partial charge < -0.3 is 15.2 Å². The van der Waals surface area contributed by atoms with Crippen LogP contribution in [0.25, 0.3) is 0 Å². The Balaban J connectivity index is 1.59. The molecule has 2 N–H and O–H groups in total. The van der Waals surface area contributed by atoms with Crippen molar-refractivity contribution in [2.45, 2.75) is 83.0 Å². The van der Waals surface area contributed by atoms with E-state index in [0.717, 1.165) is 38.5 Å². The molecular weight excluding hydrogens is 302 g/mol. The highest BCUT2D eigenvalue weighted by atomic mass is 16.6. The van der Waals surface area contributed by atoms with Gasteiger partial charge in [0.15, 0.2) is 0 Å². The topological polar surface area (TPSA) is 58.6 Å². The van der Waals surface area contributed by atoms with Crippen molar-refractivity contribution in [3.05, 3.63) is 34.9 Å². The zero-order valence-electron chi connectivity index (χ0n) is 15.0. The molecule has 0 heterocycles. The van der Waals surface area contributed by atoms with Gasteiger partial charge in [0, 0.05) is 6.04 Å². The molecule has 2 aliphatic rings. The normalized spacial score (nSPS) is 26.8. The fraction of sp³-hybridized carbons (Fsp3) is 0.650. The molecule has 2 aliphatic carbocycles. The van der Waals surface area contributed by atoms with E-state index < -0.39 is 5.60 Å². The number of carbonyl (C=O) groups is 1. The largest absolute Gasteiger partial charge is 0.444 e. The molecule has 0 spiro atoms. The van der Waals surface area contributed by atoms with E-state index in [1.807, 2.05) is 20.8 Å². The molecule has 1 aromatic carbocycles. The number of aliphatic hydroxyl groups excluding tert-OH is 1. The van der Waals surface area contributed by atoms with Gasteiger partial charge in [0.2, 0.25) is 0 Å². The molecule has 0 bridgehead atoms. The molecule has 3 rings (SSSR count). The Morgan fingerprint density at radius 2 is 2.00 bits per heavy atom. The van der Waals surface area contributed by atoms with E-state index in [1.165, 1.54) is 16.7 Å². The van der Waals surface area contributed by atoms with Crippen LogP contribution < -0.4 is 5.32 Å². The number of alkyl carbamates (subject to hydrolysis) is 1. The molecule has 0 radical (unpaired) electrons. The molecule has 0 aromatic heterocycles. The van der Waals surface area contributed by atoms with Crippen LogP contribution in [0.15, 0.2) is 18.2 Å². The van der Waals surface area contributed by atoms with Crippen molar-refractivity contribution >= 4 is 6.09 Å². The van der Waals surface area contributed by atoms with E-state index in [4.69, 9.17) is 4.74 Å². The first kappa shape index (κ1) is 17.3. The van der Waals surface area contributed by atoms with E-state index in [9.17, 15) is 9.90 Å². The van der Waals surface area contributed by atoms with Crippen LogP contribution in [0.4, 0.5) is 4.79 Å². The summed E-state index contributed by atoms with van der Waals surface area (Å²) in [6, 6.07) is 6.91. The maximum absolute atomic E-state index is 11.9. The number of hydrogen-bond acceptors (Lipinski definition) is 3. The van der Waals surface area contributed by atoms with E-state index >= 15 is 0 Å². The number of aliphatic hydroxyl groups is 1. The zero-order chi connectivity index (χ0) is 17.3. The number of amides is 1. The Kier molecular flexibility index (Phi) is 4.86. The monoisotopic (exact) mass is 331 g/mol. The molecule has 0 aliphatic heterocycles. The molecular formula is C20H29NO3. The second-order valence-electron chi connectivity index (χ2n) is 8.28. The Morgan fingerprint density at radius 1 is 1.21 bits per heavy atom. The van der Waals surface area contributed by atoms with E-state index in [1.54, 1.807) is 0 Å². The summed E-state index contributed by atoms with van der Waals surface area (Å²) in [5.41, 5.74) is 3.60. The summed E-state index contributed by atoms with van der Waals surface area (Å²) in [4.78, 5) is 11.9. The van der Waals surface area contributed by atoms with Gasteiger partial charge in [-0.2, -0.15) is 0 Å². The van der Waals surface area contributed by atoms with Crippen LogP contribution in [-0.4, -0.2) is 28.9 Å². The highest BCUT2D eigenvalue weighted by Crippen LogP contribution is 2.36. The second-order valence-corrected chi connectivity index (χ2v) is 8.28. The van der Waals surface area contributed by atoms with Crippen molar-refractivity contribution in [2.75, 3.05) is 0 Å². The van der Waals surface area contributed by atoms with Crippen LogP contribution in [0, 0.1) is 0 Å². The summed E-state index contributed by atoms with van der Waals surface area (Å²) < 4.78 is 5.35. The van der Waals surface area contributed by atoms with Crippen molar-refractivity contribution < 1.29 is 14.6 Å². The van der Waals surface area contributed by atoms with E-state index in [-0.39, 0.29) is 18.2 Å². The van der Waals surface area contributed by atoms with Crippen LogP contribution in [0.5, 0.6) is 0 Å². The molecule has 1 saturated carbocycles. The third kappa shape index (κ3) is 4.29.